The molecule has 3 heterocycles. The summed E-state index contributed by atoms with van der Waals surface area (Å²) >= 11 is 1.65. The van der Waals surface area contributed by atoms with Crippen molar-refractivity contribution < 1.29 is 4.42 Å². The van der Waals surface area contributed by atoms with Crippen LogP contribution in [0.4, 0.5) is 0 Å². The molecule has 6 heteroatoms. The number of hydrogen-bond donors (Lipinski definition) is 0. The van der Waals surface area contributed by atoms with Crippen LogP contribution < -0.4 is 0 Å². The van der Waals surface area contributed by atoms with E-state index in [-0.39, 0.29) is 0 Å². The summed E-state index contributed by atoms with van der Waals surface area (Å²) < 4.78 is 7.53. The first-order chi connectivity index (χ1) is 26.7. The van der Waals surface area contributed by atoms with E-state index < -0.39 is 0 Å². The molecular weight excluding hydrogens is 681 g/mol. The molecule has 11 aromatic rings. The molecule has 8 aromatic carbocycles. The van der Waals surface area contributed by atoms with Gasteiger partial charge in [-0.25, -0.2) is 19.9 Å². The molecule has 0 aliphatic heterocycles. The van der Waals surface area contributed by atoms with Crippen molar-refractivity contribution in [1.82, 2.24) is 19.9 Å². The zero-order valence-electron chi connectivity index (χ0n) is 28.8. The Morgan fingerprint density at radius 1 is 0.407 bits per heavy atom. The lowest BCUT2D eigenvalue weighted by Crippen LogP contribution is -2.02. The number of hydrogen-bond acceptors (Lipinski definition) is 6. The molecular formula is C48H28N4OS. The largest absolute Gasteiger partial charge is 0.456 e. The van der Waals surface area contributed by atoms with Gasteiger partial charge < -0.3 is 4.42 Å². The van der Waals surface area contributed by atoms with Crippen LogP contribution in [0.1, 0.15) is 0 Å². The van der Waals surface area contributed by atoms with Gasteiger partial charge in [-0.05, 0) is 56.9 Å². The van der Waals surface area contributed by atoms with E-state index in [1.165, 1.54) is 0 Å². The highest BCUT2D eigenvalue weighted by Crippen LogP contribution is 2.45. The Morgan fingerprint density at radius 3 is 1.80 bits per heavy atom. The van der Waals surface area contributed by atoms with Gasteiger partial charge in [-0.3, -0.25) is 0 Å². The second kappa shape index (κ2) is 12.3. The number of para-hydroxylation sites is 1. The van der Waals surface area contributed by atoms with Gasteiger partial charge in [-0.1, -0.05) is 140 Å². The van der Waals surface area contributed by atoms with Gasteiger partial charge in [0.1, 0.15) is 16.2 Å². The number of thiazole rings is 1. The zero-order valence-corrected chi connectivity index (χ0v) is 29.6. The third kappa shape index (κ3) is 5.07. The summed E-state index contributed by atoms with van der Waals surface area (Å²) in [5.41, 5.74) is 8.32. The third-order valence-corrected chi connectivity index (χ3v) is 11.3. The van der Waals surface area contributed by atoms with Gasteiger partial charge in [-0.15, -0.1) is 11.3 Å². The minimum absolute atomic E-state index is 0.570. The van der Waals surface area contributed by atoms with Crippen molar-refractivity contribution >= 4 is 65.0 Å². The van der Waals surface area contributed by atoms with Crippen molar-refractivity contribution in [3.63, 3.8) is 0 Å². The molecule has 0 atom stereocenters. The molecule has 0 spiro atoms. The van der Waals surface area contributed by atoms with E-state index in [9.17, 15) is 0 Å². The molecule has 0 N–H and O–H groups in total. The number of rotatable bonds is 5. The molecule has 3 aromatic heterocycles. The number of benzene rings is 8. The van der Waals surface area contributed by atoms with Gasteiger partial charge in [0.25, 0.3) is 0 Å². The van der Waals surface area contributed by atoms with Crippen molar-refractivity contribution in [3.8, 4) is 55.9 Å². The van der Waals surface area contributed by atoms with Crippen molar-refractivity contribution in [3.05, 3.63) is 170 Å². The Kier molecular flexibility index (Phi) is 6.97. The molecule has 0 saturated heterocycles. The van der Waals surface area contributed by atoms with E-state index in [2.05, 4.69) is 127 Å². The number of aromatic nitrogens is 4. The maximum atomic E-state index is 6.53. The predicted molar refractivity (Wildman–Crippen MR) is 222 cm³/mol. The lowest BCUT2D eigenvalue weighted by Gasteiger charge is -2.14. The van der Waals surface area contributed by atoms with E-state index in [1.54, 1.807) is 11.3 Å². The summed E-state index contributed by atoms with van der Waals surface area (Å²) in [6.45, 7) is 0. The van der Waals surface area contributed by atoms with Crippen LogP contribution in [0.15, 0.2) is 174 Å². The second-order valence-electron chi connectivity index (χ2n) is 13.4. The lowest BCUT2D eigenvalue weighted by molar-refractivity contribution is 0.669. The molecule has 0 amide bonds. The van der Waals surface area contributed by atoms with E-state index >= 15 is 0 Å². The first-order valence-corrected chi connectivity index (χ1v) is 18.7. The highest BCUT2D eigenvalue weighted by molar-refractivity contribution is 7.22. The van der Waals surface area contributed by atoms with Crippen molar-refractivity contribution in [2.75, 3.05) is 0 Å². The van der Waals surface area contributed by atoms with Crippen LogP contribution in [-0.2, 0) is 0 Å². The fourth-order valence-electron chi connectivity index (χ4n) is 7.54. The Labute approximate surface area is 313 Å². The molecule has 5 nitrogen and oxygen atoms in total. The summed E-state index contributed by atoms with van der Waals surface area (Å²) in [5, 5.41) is 7.43. The summed E-state index contributed by atoms with van der Waals surface area (Å²) in [5.74, 6) is 1.76. The number of fused-ring (bicyclic) bond motifs is 6. The van der Waals surface area contributed by atoms with Gasteiger partial charge in [0.2, 0.25) is 0 Å². The molecule has 11 rings (SSSR count). The van der Waals surface area contributed by atoms with Gasteiger partial charge in [0.15, 0.2) is 17.5 Å². The number of nitrogens with zero attached hydrogens (tertiary/aromatic N) is 4. The normalized spacial score (nSPS) is 11.7. The van der Waals surface area contributed by atoms with E-state index in [0.717, 1.165) is 92.1 Å². The second-order valence-corrected chi connectivity index (χ2v) is 14.4. The van der Waals surface area contributed by atoms with E-state index in [1.807, 2.05) is 42.5 Å². The standard InChI is InChI=1S/C48H28N4OS/c1-3-14-30(15-4-1)37-26-33-19-9-10-20-34(33)27-38(37)46-50-45(35-24-23-29-13-7-8-18-32(29)25-35)51-47(52-46)43-42-36-21-11-12-22-40(36)53-41(42)28-39-44(43)54-48(49-39)31-16-5-2-6-17-31/h1-28H. The van der Waals surface area contributed by atoms with Crippen molar-refractivity contribution in [2.24, 2.45) is 0 Å². The summed E-state index contributed by atoms with van der Waals surface area (Å²) in [4.78, 5) is 21.3. The molecule has 0 unspecified atom stereocenters. The van der Waals surface area contributed by atoms with Gasteiger partial charge in [0.05, 0.1) is 15.8 Å². The average molecular weight is 709 g/mol. The Morgan fingerprint density at radius 2 is 1.02 bits per heavy atom. The van der Waals surface area contributed by atoms with E-state index in [4.69, 9.17) is 24.4 Å². The van der Waals surface area contributed by atoms with Crippen LogP contribution in [0, 0.1) is 0 Å². The van der Waals surface area contributed by atoms with Crippen LogP contribution in [-0.4, -0.2) is 19.9 Å². The maximum Gasteiger partial charge on any atom is 0.166 e. The lowest BCUT2D eigenvalue weighted by atomic mass is 9.95. The third-order valence-electron chi connectivity index (χ3n) is 10.1. The van der Waals surface area contributed by atoms with Crippen molar-refractivity contribution in [1.29, 1.82) is 0 Å². The topological polar surface area (TPSA) is 64.7 Å². The Hall–Kier alpha value is -7.02. The van der Waals surface area contributed by atoms with Crippen LogP contribution in [0.2, 0.25) is 0 Å². The van der Waals surface area contributed by atoms with Crippen molar-refractivity contribution in [2.45, 2.75) is 0 Å². The molecule has 0 bridgehead atoms. The molecule has 0 aliphatic rings. The first kappa shape index (κ1) is 30.6. The molecule has 252 valence electrons. The zero-order chi connectivity index (χ0) is 35.6. The van der Waals surface area contributed by atoms with E-state index in [0.29, 0.717) is 17.5 Å². The Bertz CT molecular complexity index is 3220. The van der Waals surface area contributed by atoms with Crippen LogP contribution in [0.5, 0.6) is 0 Å². The minimum Gasteiger partial charge on any atom is -0.456 e. The van der Waals surface area contributed by atoms with Crippen LogP contribution >= 0.6 is 11.3 Å². The predicted octanol–water partition coefficient (Wildman–Crippen LogP) is 13.0. The summed E-state index contributed by atoms with van der Waals surface area (Å²) in [7, 11) is 0. The smallest absolute Gasteiger partial charge is 0.166 e. The first-order valence-electron chi connectivity index (χ1n) is 17.9. The average Bonchev–Trinajstić information content (AvgIpc) is 3.84. The number of furan rings is 1. The quantitative estimate of drug-likeness (QED) is 0.178. The van der Waals surface area contributed by atoms with Crippen LogP contribution in [0.3, 0.4) is 0 Å². The fourth-order valence-corrected chi connectivity index (χ4v) is 8.63. The molecule has 0 fully saturated rings. The minimum atomic E-state index is 0.570. The highest BCUT2D eigenvalue weighted by Gasteiger charge is 2.24. The van der Waals surface area contributed by atoms with Crippen LogP contribution in [0.25, 0.3) is 110 Å². The highest BCUT2D eigenvalue weighted by atomic mass is 32.1. The summed E-state index contributed by atoms with van der Waals surface area (Å²) in [6, 6.07) is 58.7. The van der Waals surface area contributed by atoms with Gasteiger partial charge in [-0.2, -0.15) is 0 Å². The molecule has 0 aliphatic carbocycles. The van der Waals surface area contributed by atoms with Gasteiger partial charge in [0, 0.05) is 33.5 Å². The molecule has 54 heavy (non-hydrogen) atoms. The molecule has 0 radical (unpaired) electrons. The SMILES string of the molecule is c1ccc(-c2nc3cc4oc5ccccc5c4c(-c4nc(-c5ccc6ccccc6c5)nc(-c5cc6ccccc6cc5-c5ccccc5)n4)c3s2)cc1. The molecule has 0 saturated carbocycles. The maximum absolute atomic E-state index is 6.53. The summed E-state index contributed by atoms with van der Waals surface area (Å²) in [6.07, 6.45) is 0. The monoisotopic (exact) mass is 708 g/mol. The fraction of sp³-hybridized carbons (Fsp3) is 0. The van der Waals surface area contributed by atoms with Gasteiger partial charge >= 0.3 is 0 Å². The Balaban J connectivity index is 1.26.